The van der Waals surface area contributed by atoms with Crippen molar-refractivity contribution in [2.75, 3.05) is 13.2 Å². The van der Waals surface area contributed by atoms with Gasteiger partial charge < -0.3 is 20.1 Å². The molecule has 0 bridgehead atoms. The molecule has 5 nitrogen and oxygen atoms in total. The first-order chi connectivity index (χ1) is 7.67. The molecule has 0 spiro atoms. The van der Waals surface area contributed by atoms with Gasteiger partial charge in [0, 0.05) is 13.2 Å². The molecular weight excluding hydrogens is 208 g/mol. The maximum atomic E-state index is 11.5. The van der Waals surface area contributed by atoms with Crippen molar-refractivity contribution in [2.24, 2.45) is 0 Å². The second-order valence-electron chi connectivity index (χ2n) is 3.32. The van der Waals surface area contributed by atoms with E-state index in [1.807, 2.05) is 27.7 Å². The monoisotopic (exact) mass is 232 g/mol. The summed E-state index contributed by atoms with van der Waals surface area (Å²) in [5.41, 5.74) is 0. The molecule has 0 aliphatic rings. The van der Waals surface area contributed by atoms with Crippen LogP contribution in [0.5, 0.6) is 0 Å². The van der Waals surface area contributed by atoms with Gasteiger partial charge in [-0.3, -0.25) is 0 Å². The van der Waals surface area contributed by atoms with E-state index in [0.29, 0.717) is 13.2 Å². The van der Waals surface area contributed by atoms with Crippen molar-refractivity contribution in [1.29, 1.82) is 0 Å². The van der Waals surface area contributed by atoms with E-state index < -0.39 is 0 Å². The molecule has 0 rings (SSSR count). The Morgan fingerprint density at radius 2 is 1.31 bits per heavy atom. The molecular formula is C11H24N2O3. The van der Waals surface area contributed by atoms with E-state index in [9.17, 15) is 4.79 Å². The molecule has 2 N–H and O–H groups in total. The zero-order valence-electron chi connectivity index (χ0n) is 10.7. The highest BCUT2D eigenvalue weighted by atomic mass is 16.5. The molecule has 0 saturated carbocycles. The first kappa shape index (κ1) is 15.2. The topological polar surface area (TPSA) is 59.6 Å². The smallest absolute Gasteiger partial charge is 0.318 e. The highest BCUT2D eigenvalue weighted by molar-refractivity contribution is 5.74. The van der Waals surface area contributed by atoms with Crippen LogP contribution in [0, 0.1) is 0 Å². The predicted molar refractivity (Wildman–Crippen MR) is 63.1 cm³/mol. The maximum Gasteiger partial charge on any atom is 0.318 e. The predicted octanol–water partition coefficient (Wildman–Crippen LogP) is 1.83. The molecule has 0 heterocycles. The van der Waals surface area contributed by atoms with Gasteiger partial charge in [-0.1, -0.05) is 13.8 Å². The Balaban J connectivity index is 3.93. The fraction of sp³-hybridized carbons (Fsp3) is 0.909. The lowest BCUT2D eigenvalue weighted by molar-refractivity contribution is 0.0281. The second kappa shape index (κ2) is 9.42. The number of carbonyl (C=O) groups is 1. The minimum atomic E-state index is -0.249. The molecule has 0 aliphatic heterocycles. The van der Waals surface area contributed by atoms with Gasteiger partial charge in [-0.25, -0.2) is 4.79 Å². The van der Waals surface area contributed by atoms with Crippen LogP contribution in [0.15, 0.2) is 0 Å². The van der Waals surface area contributed by atoms with Crippen LogP contribution in [0.3, 0.4) is 0 Å². The number of ether oxygens (including phenoxy) is 2. The van der Waals surface area contributed by atoms with Crippen LogP contribution in [0.2, 0.25) is 0 Å². The Hall–Kier alpha value is -0.810. The van der Waals surface area contributed by atoms with E-state index in [4.69, 9.17) is 9.47 Å². The number of rotatable bonds is 8. The Morgan fingerprint density at radius 3 is 1.56 bits per heavy atom. The first-order valence-electron chi connectivity index (χ1n) is 5.98. The van der Waals surface area contributed by atoms with Gasteiger partial charge in [0.1, 0.15) is 12.5 Å². The summed E-state index contributed by atoms with van der Waals surface area (Å²) in [4.78, 5) is 11.5. The van der Waals surface area contributed by atoms with E-state index in [2.05, 4.69) is 10.6 Å². The molecule has 5 heteroatoms. The number of amides is 2. The molecule has 0 aromatic carbocycles. The third-order valence-electron chi connectivity index (χ3n) is 2.06. The molecule has 0 radical (unpaired) electrons. The third-order valence-corrected chi connectivity index (χ3v) is 2.06. The summed E-state index contributed by atoms with van der Waals surface area (Å²) in [5, 5.41) is 5.48. The molecule has 2 amide bonds. The molecule has 2 unspecified atom stereocenters. The van der Waals surface area contributed by atoms with E-state index in [0.717, 1.165) is 12.8 Å². The van der Waals surface area contributed by atoms with Gasteiger partial charge in [0.15, 0.2) is 0 Å². The van der Waals surface area contributed by atoms with E-state index >= 15 is 0 Å². The standard InChI is InChI=1S/C11H24N2O3/c1-5-9(15-7-3)12-11(14)13-10(6-2)16-8-4/h9-10H,5-8H2,1-4H3,(H2,12,13,14). The molecule has 16 heavy (non-hydrogen) atoms. The van der Waals surface area contributed by atoms with Gasteiger partial charge >= 0.3 is 6.03 Å². The van der Waals surface area contributed by atoms with Gasteiger partial charge in [-0.15, -0.1) is 0 Å². The summed E-state index contributed by atoms with van der Waals surface area (Å²) in [6, 6.07) is -0.249. The summed E-state index contributed by atoms with van der Waals surface area (Å²) in [6.45, 7) is 8.89. The van der Waals surface area contributed by atoms with Crippen LogP contribution < -0.4 is 10.6 Å². The molecule has 0 aromatic heterocycles. The van der Waals surface area contributed by atoms with Gasteiger partial charge in [-0.2, -0.15) is 0 Å². The molecule has 0 aromatic rings. The number of carbonyl (C=O) groups excluding carboxylic acids is 1. The average Bonchev–Trinajstić information content (AvgIpc) is 2.27. The van der Waals surface area contributed by atoms with Crippen molar-refractivity contribution in [1.82, 2.24) is 10.6 Å². The lowest BCUT2D eigenvalue weighted by atomic mass is 10.4. The number of nitrogens with one attached hydrogen (secondary N) is 2. The maximum absolute atomic E-state index is 11.5. The van der Waals surface area contributed by atoms with Crippen molar-refractivity contribution in [3.8, 4) is 0 Å². The van der Waals surface area contributed by atoms with Gasteiger partial charge in [0.2, 0.25) is 0 Å². The van der Waals surface area contributed by atoms with Gasteiger partial charge in [-0.05, 0) is 26.7 Å². The van der Waals surface area contributed by atoms with Crippen molar-refractivity contribution >= 4 is 6.03 Å². The Morgan fingerprint density at radius 1 is 0.938 bits per heavy atom. The fourth-order valence-corrected chi connectivity index (χ4v) is 1.26. The van der Waals surface area contributed by atoms with Gasteiger partial charge in [0.25, 0.3) is 0 Å². The number of hydrogen-bond donors (Lipinski definition) is 2. The molecule has 0 fully saturated rings. The quantitative estimate of drug-likeness (QED) is 0.628. The Labute approximate surface area is 97.9 Å². The van der Waals surface area contributed by atoms with Crippen LogP contribution >= 0.6 is 0 Å². The van der Waals surface area contributed by atoms with E-state index in [-0.39, 0.29) is 18.5 Å². The van der Waals surface area contributed by atoms with Crippen LogP contribution in [0.4, 0.5) is 4.79 Å². The highest BCUT2D eigenvalue weighted by Crippen LogP contribution is 1.96. The van der Waals surface area contributed by atoms with Crippen LogP contribution in [0.1, 0.15) is 40.5 Å². The zero-order valence-corrected chi connectivity index (χ0v) is 10.7. The van der Waals surface area contributed by atoms with Crippen LogP contribution in [-0.4, -0.2) is 31.7 Å². The second-order valence-corrected chi connectivity index (χ2v) is 3.32. The lowest BCUT2D eigenvalue weighted by Gasteiger charge is -2.21. The SMILES string of the molecule is CCOC(CC)NC(=O)NC(CC)OCC. The molecule has 2 atom stereocenters. The first-order valence-corrected chi connectivity index (χ1v) is 5.98. The zero-order chi connectivity index (χ0) is 12.4. The molecule has 96 valence electrons. The Bertz CT molecular complexity index is 170. The number of hydrogen-bond acceptors (Lipinski definition) is 3. The number of urea groups is 1. The lowest BCUT2D eigenvalue weighted by Crippen LogP contribution is -2.47. The van der Waals surface area contributed by atoms with Gasteiger partial charge in [0.05, 0.1) is 0 Å². The fourth-order valence-electron chi connectivity index (χ4n) is 1.26. The third kappa shape index (κ3) is 6.63. The summed E-state index contributed by atoms with van der Waals surface area (Å²) < 4.78 is 10.6. The normalized spacial score (nSPS) is 14.2. The van der Waals surface area contributed by atoms with Crippen molar-refractivity contribution in [3.63, 3.8) is 0 Å². The summed E-state index contributed by atoms with van der Waals surface area (Å²) in [6.07, 6.45) is 1.02. The van der Waals surface area contributed by atoms with E-state index in [1.165, 1.54) is 0 Å². The largest absolute Gasteiger partial charge is 0.359 e. The van der Waals surface area contributed by atoms with Crippen LogP contribution in [-0.2, 0) is 9.47 Å². The minimum Gasteiger partial charge on any atom is -0.359 e. The highest BCUT2D eigenvalue weighted by Gasteiger charge is 2.13. The van der Waals surface area contributed by atoms with Crippen molar-refractivity contribution in [3.05, 3.63) is 0 Å². The minimum absolute atomic E-state index is 0.232. The van der Waals surface area contributed by atoms with Crippen LogP contribution in [0.25, 0.3) is 0 Å². The Kier molecular flexibility index (Phi) is 8.94. The van der Waals surface area contributed by atoms with Crippen molar-refractivity contribution < 1.29 is 14.3 Å². The van der Waals surface area contributed by atoms with Crippen molar-refractivity contribution in [2.45, 2.75) is 53.0 Å². The summed E-state index contributed by atoms with van der Waals surface area (Å²) in [7, 11) is 0. The molecule has 0 saturated heterocycles. The summed E-state index contributed by atoms with van der Waals surface area (Å²) >= 11 is 0. The summed E-state index contributed by atoms with van der Waals surface area (Å²) in [5.74, 6) is 0. The van der Waals surface area contributed by atoms with E-state index in [1.54, 1.807) is 0 Å². The molecule has 0 aliphatic carbocycles. The average molecular weight is 232 g/mol.